The molecule has 0 spiro atoms. The van der Waals surface area contributed by atoms with E-state index >= 15 is 0 Å². The number of nitrogens with zero attached hydrogens (tertiary/aromatic N) is 2. The van der Waals surface area contributed by atoms with Gasteiger partial charge in [0.05, 0.1) is 11.3 Å². The second-order valence-electron chi connectivity index (χ2n) is 6.25. The summed E-state index contributed by atoms with van der Waals surface area (Å²) in [5.41, 5.74) is 7.51. The van der Waals surface area contributed by atoms with Crippen LogP contribution in [0.1, 0.15) is 16.8 Å². The lowest BCUT2D eigenvalue weighted by Gasteiger charge is -2.16. The second-order valence-corrected chi connectivity index (χ2v) is 6.25. The normalized spacial score (nSPS) is 17.1. The number of primary amides is 1. The maximum Gasteiger partial charge on any atom is 0.253 e. The molecule has 2 amide bonds. The standard InChI is InChI=1S/C19H17N3O3/c20-18(23)14-8-9-22(11-14)19(24)13-6-7-16-15(10-13)17(25-21-16)12-4-2-1-3-5-12/h1-7,10,14H,8-9,11H2,(H2,20,23)/t14-/m1/s1. The van der Waals surface area contributed by atoms with E-state index in [9.17, 15) is 9.59 Å². The van der Waals surface area contributed by atoms with Crippen molar-refractivity contribution in [1.82, 2.24) is 10.1 Å². The Labute approximate surface area is 144 Å². The first-order valence-corrected chi connectivity index (χ1v) is 8.17. The molecule has 0 radical (unpaired) electrons. The minimum Gasteiger partial charge on any atom is -0.369 e. The van der Waals surface area contributed by atoms with Crippen LogP contribution in [0.25, 0.3) is 22.2 Å². The van der Waals surface area contributed by atoms with E-state index in [1.165, 1.54) is 0 Å². The molecule has 1 fully saturated rings. The molecule has 1 aromatic heterocycles. The first-order valence-electron chi connectivity index (χ1n) is 8.17. The first-order chi connectivity index (χ1) is 12.1. The maximum atomic E-state index is 12.8. The smallest absolute Gasteiger partial charge is 0.253 e. The number of hydrogen-bond donors (Lipinski definition) is 1. The molecule has 0 saturated carbocycles. The van der Waals surface area contributed by atoms with Crippen LogP contribution >= 0.6 is 0 Å². The molecular weight excluding hydrogens is 318 g/mol. The van der Waals surface area contributed by atoms with Gasteiger partial charge in [-0.15, -0.1) is 0 Å². The van der Waals surface area contributed by atoms with Crippen LogP contribution in [-0.4, -0.2) is 35.0 Å². The highest BCUT2D eigenvalue weighted by atomic mass is 16.5. The van der Waals surface area contributed by atoms with Gasteiger partial charge in [0.2, 0.25) is 5.91 Å². The van der Waals surface area contributed by atoms with Gasteiger partial charge in [-0.05, 0) is 24.6 Å². The number of hydrogen-bond acceptors (Lipinski definition) is 4. The van der Waals surface area contributed by atoms with Crippen molar-refractivity contribution in [2.45, 2.75) is 6.42 Å². The minimum absolute atomic E-state index is 0.106. The van der Waals surface area contributed by atoms with E-state index < -0.39 is 0 Å². The fraction of sp³-hybridized carbons (Fsp3) is 0.211. The molecule has 1 atom stereocenters. The third kappa shape index (κ3) is 2.76. The summed E-state index contributed by atoms with van der Waals surface area (Å²) in [6, 6.07) is 15.0. The summed E-state index contributed by atoms with van der Waals surface area (Å²) in [4.78, 5) is 25.7. The van der Waals surface area contributed by atoms with Crippen molar-refractivity contribution in [2.75, 3.05) is 13.1 Å². The Morgan fingerprint density at radius 1 is 1.16 bits per heavy atom. The number of benzene rings is 2. The molecule has 25 heavy (non-hydrogen) atoms. The third-order valence-electron chi connectivity index (χ3n) is 4.64. The van der Waals surface area contributed by atoms with Gasteiger partial charge in [-0.25, -0.2) is 0 Å². The lowest BCUT2D eigenvalue weighted by Crippen LogP contribution is -2.31. The Bertz CT molecular complexity index is 949. The molecule has 2 N–H and O–H groups in total. The van der Waals surface area contributed by atoms with Gasteiger partial charge in [0.25, 0.3) is 5.91 Å². The highest BCUT2D eigenvalue weighted by molar-refractivity contribution is 6.01. The Morgan fingerprint density at radius 2 is 1.96 bits per heavy atom. The minimum atomic E-state index is -0.351. The SMILES string of the molecule is NC(=O)[C@@H]1CCN(C(=O)c2ccc3noc(-c4ccccc4)c3c2)C1. The van der Waals surface area contributed by atoms with Crippen LogP contribution in [0, 0.1) is 5.92 Å². The summed E-state index contributed by atoms with van der Waals surface area (Å²) in [6.07, 6.45) is 0.617. The Kier molecular flexibility index (Phi) is 3.72. The predicted molar refractivity (Wildman–Crippen MR) is 92.6 cm³/mol. The van der Waals surface area contributed by atoms with E-state index in [4.69, 9.17) is 10.3 Å². The molecule has 0 bridgehead atoms. The van der Waals surface area contributed by atoms with Gasteiger partial charge in [-0.2, -0.15) is 0 Å². The molecule has 6 heteroatoms. The molecule has 126 valence electrons. The predicted octanol–water partition coefficient (Wildman–Crippen LogP) is 2.44. The van der Waals surface area contributed by atoms with Crippen LogP contribution in [0.15, 0.2) is 53.1 Å². The van der Waals surface area contributed by atoms with Crippen molar-refractivity contribution < 1.29 is 14.1 Å². The summed E-state index contributed by atoms with van der Waals surface area (Å²) in [5, 5.41) is 4.86. The van der Waals surface area contributed by atoms with Gasteiger partial charge >= 0.3 is 0 Å². The van der Waals surface area contributed by atoms with Gasteiger partial charge < -0.3 is 15.2 Å². The zero-order valence-electron chi connectivity index (χ0n) is 13.5. The van der Waals surface area contributed by atoms with Crippen LogP contribution in [0.2, 0.25) is 0 Å². The van der Waals surface area contributed by atoms with E-state index in [1.54, 1.807) is 23.1 Å². The van der Waals surface area contributed by atoms with E-state index in [1.807, 2.05) is 30.3 Å². The zero-order valence-corrected chi connectivity index (χ0v) is 13.5. The molecule has 3 aromatic rings. The average molecular weight is 335 g/mol. The van der Waals surface area contributed by atoms with E-state index in [0.717, 1.165) is 10.9 Å². The lowest BCUT2D eigenvalue weighted by atomic mass is 10.1. The maximum absolute atomic E-state index is 12.8. The van der Waals surface area contributed by atoms with Crippen LogP contribution in [-0.2, 0) is 4.79 Å². The molecule has 1 saturated heterocycles. The number of likely N-dealkylation sites (tertiary alicyclic amines) is 1. The van der Waals surface area contributed by atoms with Crippen molar-refractivity contribution in [1.29, 1.82) is 0 Å². The molecule has 4 rings (SSSR count). The van der Waals surface area contributed by atoms with Crippen LogP contribution in [0.3, 0.4) is 0 Å². The number of carbonyl (C=O) groups excluding carboxylic acids is 2. The zero-order chi connectivity index (χ0) is 17.4. The first kappa shape index (κ1) is 15.4. The topological polar surface area (TPSA) is 89.4 Å². The largest absolute Gasteiger partial charge is 0.369 e. The van der Waals surface area contributed by atoms with Crippen LogP contribution in [0.5, 0.6) is 0 Å². The van der Waals surface area contributed by atoms with E-state index in [-0.39, 0.29) is 17.7 Å². The van der Waals surface area contributed by atoms with Crippen LogP contribution in [0.4, 0.5) is 0 Å². The summed E-state index contributed by atoms with van der Waals surface area (Å²) in [6.45, 7) is 0.918. The molecule has 1 aliphatic rings. The average Bonchev–Trinajstić information content (AvgIpc) is 3.28. The molecular formula is C19H17N3O3. The Balaban J connectivity index is 1.67. The summed E-state index contributed by atoms with van der Waals surface area (Å²) >= 11 is 0. The summed E-state index contributed by atoms with van der Waals surface area (Å²) in [5.74, 6) is -0.0770. The van der Waals surface area contributed by atoms with Gasteiger partial charge in [-0.3, -0.25) is 9.59 Å². The molecule has 0 aliphatic carbocycles. The van der Waals surface area contributed by atoms with Gasteiger partial charge in [0, 0.05) is 24.2 Å². The van der Waals surface area contributed by atoms with E-state index in [2.05, 4.69) is 5.16 Å². The molecule has 6 nitrogen and oxygen atoms in total. The number of amides is 2. The molecule has 2 heterocycles. The van der Waals surface area contributed by atoms with Gasteiger partial charge in [0.1, 0.15) is 5.52 Å². The quantitative estimate of drug-likeness (QED) is 0.796. The second kappa shape index (κ2) is 6.05. The van der Waals surface area contributed by atoms with Crippen molar-refractivity contribution in [3.05, 3.63) is 54.1 Å². The lowest BCUT2D eigenvalue weighted by molar-refractivity contribution is -0.121. The fourth-order valence-corrected chi connectivity index (χ4v) is 3.23. The monoisotopic (exact) mass is 335 g/mol. The van der Waals surface area contributed by atoms with Crippen molar-refractivity contribution in [3.8, 4) is 11.3 Å². The molecule has 0 unspecified atom stereocenters. The van der Waals surface area contributed by atoms with Gasteiger partial charge in [0.15, 0.2) is 5.76 Å². The highest BCUT2D eigenvalue weighted by Crippen LogP contribution is 2.30. The number of rotatable bonds is 3. The summed E-state index contributed by atoms with van der Waals surface area (Å²) < 4.78 is 5.47. The molecule has 1 aliphatic heterocycles. The Morgan fingerprint density at radius 3 is 2.68 bits per heavy atom. The summed E-state index contributed by atoms with van der Waals surface area (Å²) in [7, 11) is 0. The highest BCUT2D eigenvalue weighted by Gasteiger charge is 2.30. The van der Waals surface area contributed by atoms with Crippen LogP contribution < -0.4 is 5.73 Å². The van der Waals surface area contributed by atoms with Crippen molar-refractivity contribution in [2.24, 2.45) is 11.7 Å². The number of carbonyl (C=O) groups is 2. The van der Waals surface area contributed by atoms with Crippen molar-refractivity contribution >= 4 is 22.7 Å². The fourth-order valence-electron chi connectivity index (χ4n) is 3.23. The number of fused-ring (bicyclic) bond motifs is 1. The van der Waals surface area contributed by atoms with E-state index in [0.29, 0.717) is 36.4 Å². The third-order valence-corrected chi connectivity index (χ3v) is 4.64. The molecule has 2 aromatic carbocycles. The Hall–Kier alpha value is -3.15. The number of aromatic nitrogens is 1. The van der Waals surface area contributed by atoms with Gasteiger partial charge in [-0.1, -0.05) is 35.5 Å². The number of nitrogens with two attached hydrogens (primary N) is 1. The van der Waals surface area contributed by atoms with Crippen molar-refractivity contribution in [3.63, 3.8) is 0 Å².